The highest BCUT2D eigenvalue weighted by atomic mass is 32.1. The summed E-state index contributed by atoms with van der Waals surface area (Å²) in [4.78, 5) is 0. The smallest absolute Gasteiger partial charge is 0.204 e. The standard InChI is InChI=1S/C8H12O2S2/c1-7(2)5(11)10-8(3,4)6(12)9-7/h1-4H3. The molecule has 2 nitrogen and oxygen atoms in total. The van der Waals surface area contributed by atoms with E-state index in [0.29, 0.717) is 10.1 Å². The van der Waals surface area contributed by atoms with Gasteiger partial charge in [0, 0.05) is 0 Å². The van der Waals surface area contributed by atoms with Gasteiger partial charge in [-0.3, -0.25) is 0 Å². The average Bonchev–Trinajstić information content (AvgIpc) is 1.82. The second kappa shape index (κ2) is 2.64. The van der Waals surface area contributed by atoms with Gasteiger partial charge in [-0.2, -0.15) is 0 Å². The summed E-state index contributed by atoms with van der Waals surface area (Å²) < 4.78 is 10.9. The topological polar surface area (TPSA) is 18.5 Å². The monoisotopic (exact) mass is 204 g/mol. The highest BCUT2D eigenvalue weighted by Crippen LogP contribution is 2.28. The van der Waals surface area contributed by atoms with E-state index in [1.165, 1.54) is 0 Å². The molecule has 12 heavy (non-hydrogen) atoms. The zero-order valence-electron chi connectivity index (χ0n) is 7.63. The van der Waals surface area contributed by atoms with E-state index in [4.69, 9.17) is 33.9 Å². The number of thiocarbonyl (C=S) groups is 2. The van der Waals surface area contributed by atoms with Gasteiger partial charge in [-0.1, -0.05) is 0 Å². The maximum Gasteiger partial charge on any atom is 0.204 e. The number of rotatable bonds is 0. The first kappa shape index (κ1) is 9.86. The fraction of sp³-hybridized carbons (Fsp3) is 0.750. The molecule has 0 aliphatic carbocycles. The summed E-state index contributed by atoms with van der Waals surface area (Å²) in [6.07, 6.45) is 0. The van der Waals surface area contributed by atoms with Crippen molar-refractivity contribution in [3.63, 3.8) is 0 Å². The number of ether oxygens (including phenoxy) is 2. The van der Waals surface area contributed by atoms with E-state index in [9.17, 15) is 0 Å². The molecule has 0 atom stereocenters. The Labute approximate surface area is 83.2 Å². The normalized spacial score (nSPS) is 26.0. The minimum absolute atomic E-state index is 0.459. The summed E-state index contributed by atoms with van der Waals surface area (Å²) in [5, 5.41) is 0.919. The summed E-state index contributed by atoms with van der Waals surface area (Å²) in [5.74, 6) is 0. The highest BCUT2D eigenvalue weighted by molar-refractivity contribution is 7.81. The van der Waals surface area contributed by atoms with Crippen LogP contribution in [0.3, 0.4) is 0 Å². The van der Waals surface area contributed by atoms with E-state index in [1.54, 1.807) is 0 Å². The molecule has 0 radical (unpaired) electrons. The molecule has 68 valence electrons. The van der Waals surface area contributed by atoms with Crippen LogP contribution in [-0.4, -0.2) is 21.3 Å². The number of hydrogen-bond acceptors (Lipinski definition) is 4. The van der Waals surface area contributed by atoms with E-state index in [0.717, 1.165) is 0 Å². The third kappa shape index (κ3) is 1.59. The van der Waals surface area contributed by atoms with Crippen LogP contribution in [0, 0.1) is 0 Å². The summed E-state index contributed by atoms with van der Waals surface area (Å²) in [5.41, 5.74) is -1.14. The van der Waals surface area contributed by atoms with Gasteiger partial charge in [0.05, 0.1) is 0 Å². The quantitative estimate of drug-likeness (QED) is 0.563. The summed E-state index contributed by atoms with van der Waals surface area (Å²) >= 11 is 10.1. The molecule has 0 aromatic heterocycles. The van der Waals surface area contributed by atoms with Crippen molar-refractivity contribution >= 4 is 34.5 Å². The lowest BCUT2D eigenvalue weighted by molar-refractivity contribution is 0.0273. The van der Waals surface area contributed by atoms with Gasteiger partial charge >= 0.3 is 0 Å². The minimum atomic E-state index is -0.568. The predicted octanol–water partition coefficient (Wildman–Crippen LogP) is 2.25. The van der Waals surface area contributed by atoms with Crippen molar-refractivity contribution in [3.05, 3.63) is 0 Å². The largest absolute Gasteiger partial charge is 0.468 e. The molecular weight excluding hydrogens is 192 g/mol. The van der Waals surface area contributed by atoms with Gasteiger partial charge in [-0.25, -0.2) is 0 Å². The fourth-order valence-electron chi connectivity index (χ4n) is 0.793. The Morgan fingerprint density at radius 3 is 1.33 bits per heavy atom. The van der Waals surface area contributed by atoms with E-state index >= 15 is 0 Å². The molecule has 0 bridgehead atoms. The van der Waals surface area contributed by atoms with Gasteiger partial charge in [0.15, 0.2) is 11.2 Å². The van der Waals surface area contributed by atoms with E-state index in [2.05, 4.69) is 0 Å². The Balaban J connectivity index is 2.91. The second-order valence-corrected chi connectivity index (χ2v) is 4.54. The lowest BCUT2D eigenvalue weighted by Crippen LogP contribution is -2.53. The third-order valence-corrected chi connectivity index (χ3v) is 2.83. The van der Waals surface area contributed by atoms with Crippen LogP contribution in [0.4, 0.5) is 0 Å². The Morgan fingerprint density at radius 2 is 1.08 bits per heavy atom. The van der Waals surface area contributed by atoms with Crippen molar-refractivity contribution in [1.29, 1.82) is 0 Å². The summed E-state index contributed by atoms with van der Waals surface area (Å²) in [6.45, 7) is 7.38. The Kier molecular flexibility index (Phi) is 2.17. The first-order valence-electron chi connectivity index (χ1n) is 3.72. The third-order valence-electron chi connectivity index (χ3n) is 1.68. The van der Waals surface area contributed by atoms with Crippen LogP contribution in [0.1, 0.15) is 27.7 Å². The van der Waals surface area contributed by atoms with Gasteiger partial charge in [0.25, 0.3) is 0 Å². The number of hydrogen-bond donors (Lipinski definition) is 0. The molecule has 0 spiro atoms. The summed E-state index contributed by atoms with van der Waals surface area (Å²) in [7, 11) is 0. The van der Waals surface area contributed by atoms with Gasteiger partial charge < -0.3 is 9.47 Å². The SMILES string of the molecule is CC1(C)OC(=S)C(C)(C)OC1=S. The van der Waals surface area contributed by atoms with Gasteiger partial charge in [-0.15, -0.1) is 0 Å². The lowest BCUT2D eigenvalue weighted by Gasteiger charge is -2.40. The van der Waals surface area contributed by atoms with Gasteiger partial charge in [0.2, 0.25) is 10.1 Å². The van der Waals surface area contributed by atoms with Crippen LogP contribution >= 0.6 is 24.4 Å². The molecule has 0 unspecified atom stereocenters. The molecule has 0 saturated carbocycles. The first-order valence-corrected chi connectivity index (χ1v) is 4.54. The minimum Gasteiger partial charge on any atom is -0.468 e. The van der Waals surface area contributed by atoms with Crippen molar-refractivity contribution in [2.75, 3.05) is 0 Å². The van der Waals surface area contributed by atoms with Crippen LogP contribution in [0.25, 0.3) is 0 Å². The first-order chi connectivity index (χ1) is 5.26. The molecule has 0 N–H and O–H groups in total. The van der Waals surface area contributed by atoms with Crippen molar-refractivity contribution in [3.8, 4) is 0 Å². The van der Waals surface area contributed by atoms with Crippen molar-refractivity contribution in [2.24, 2.45) is 0 Å². The molecule has 1 heterocycles. The van der Waals surface area contributed by atoms with E-state index < -0.39 is 11.2 Å². The molecule has 4 heteroatoms. The molecule has 0 amide bonds. The average molecular weight is 204 g/mol. The van der Waals surface area contributed by atoms with Gasteiger partial charge in [-0.05, 0) is 52.1 Å². The van der Waals surface area contributed by atoms with Crippen LogP contribution in [0.2, 0.25) is 0 Å². The summed E-state index contributed by atoms with van der Waals surface area (Å²) in [6, 6.07) is 0. The highest BCUT2D eigenvalue weighted by Gasteiger charge is 2.43. The van der Waals surface area contributed by atoms with Crippen molar-refractivity contribution < 1.29 is 9.47 Å². The predicted molar refractivity (Wildman–Crippen MR) is 55.5 cm³/mol. The Morgan fingerprint density at radius 1 is 0.833 bits per heavy atom. The fourth-order valence-corrected chi connectivity index (χ4v) is 1.29. The van der Waals surface area contributed by atoms with Crippen molar-refractivity contribution in [1.82, 2.24) is 0 Å². The Hall–Kier alpha value is -0.220. The molecule has 1 saturated heterocycles. The van der Waals surface area contributed by atoms with Crippen molar-refractivity contribution in [2.45, 2.75) is 38.9 Å². The van der Waals surface area contributed by atoms with Gasteiger partial charge in [0.1, 0.15) is 0 Å². The molecule has 1 aliphatic rings. The molecule has 1 fully saturated rings. The zero-order valence-corrected chi connectivity index (χ0v) is 9.27. The van der Waals surface area contributed by atoms with E-state index in [-0.39, 0.29) is 0 Å². The molecule has 1 aliphatic heterocycles. The Bertz CT molecular complexity index is 217. The maximum atomic E-state index is 5.47. The van der Waals surface area contributed by atoms with Crippen LogP contribution in [0.15, 0.2) is 0 Å². The maximum absolute atomic E-state index is 5.47. The molecular formula is C8H12O2S2. The van der Waals surface area contributed by atoms with Crippen LogP contribution in [0.5, 0.6) is 0 Å². The van der Waals surface area contributed by atoms with Crippen LogP contribution < -0.4 is 0 Å². The molecule has 0 aromatic rings. The lowest BCUT2D eigenvalue weighted by atomic mass is 10.1. The van der Waals surface area contributed by atoms with Crippen LogP contribution in [-0.2, 0) is 9.47 Å². The molecule has 0 aromatic carbocycles. The molecule has 1 rings (SSSR count). The zero-order chi connectivity index (χ0) is 9.57. The van der Waals surface area contributed by atoms with E-state index in [1.807, 2.05) is 27.7 Å². The second-order valence-electron chi connectivity index (χ2n) is 3.80.